The topological polar surface area (TPSA) is 34.2 Å². The summed E-state index contributed by atoms with van der Waals surface area (Å²) in [6, 6.07) is 66.3. The molecule has 0 bridgehead atoms. The minimum absolute atomic E-state index is 0.635. The van der Waals surface area contributed by atoms with Gasteiger partial charge in [-0.05, 0) is 95.4 Å². The summed E-state index contributed by atoms with van der Waals surface area (Å²) in [5.41, 5.74) is 11.7. The second-order valence-electron chi connectivity index (χ2n) is 12.8. The molecule has 0 aliphatic carbocycles. The Labute approximate surface area is 295 Å². The molecule has 0 aliphatic rings. The summed E-state index contributed by atoms with van der Waals surface area (Å²) >= 11 is 0. The van der Waals surface area contributed by atoms with Crippen molar-refractivity contribution in [1.29, 1.82) is 0 Å². The van der Waals surface area contributed by atoms with Gasteiger partial charge < -0.3 is 13.9 Å². The van der Waals surface area contributed by atoms with Gasteiger partial charge in [0.25, 0.3) is 0 Å². The predicted octanol–water partition coefficient (Wildman–Crippen LogP) is 12.9. The molecule has 10 aromatic rings. The van der Waals surface area contributed by atoms with Crippen LogP contribution in [0.15, 0.2) is 192 Å². The molecule has 0 aliphatic heterocycles. The van der Waals surface area contributed by atoms with Gasteiger partial charge in [-0.25, -0.2) is 4.98 Å². The first kappa shape index (κ1) is 29.0. The van der Waals surface area contributed by atoms with Gasteiger partial charge in [0, 0.05) is 38.8 Å². The van der Waals surface area contributed by atoms with Gasteiger partial charge in [-0.3, -0.25) is 0 Å². The van der Waals surface area contributed by atoms with Crippen LogP contribution >= 0.6 is 0 Å². The number of aromatic nitrogens is 2. The van der Waals surface area contributed by atoms with E-state index in [1.54, 1.807) is 0 Å². The first-order valence-electron chi connectivity index (χ1n) is 17.2. The summed E-state index contributed by atoms with van der Waals surface area (Å²) in [5.74, 6) is 0.635. The van der Waals surface area contributed by atoms with Crippen LogP contribution in [0.5, 0.6) is 0 Å². The van der Waals surface area contributed by atoms with E-state index < -0.39 is 0 Å². The Hall–Kier alpha value is -6.91. The molecule has 240 valence electrons. The summed E-state index contributed by atoms with van der Waals surface area (Å²) in [6.45, 7) is 0. The second kappa shape index (κ2) is 11.9. The number of benzene rings is 8. The van der Waals surface area contributed by atoms with E-state index in [9.17, 15) is 0 Å². The second-order valence-corrected chi connectivity index (χ2v) is 12.8. The van der Waals surface area contributed by atoms with E-state index in [1.807, 2.05) is 36.4 Å². The Balaban J connectivity index is 1.10. The molecule has 8 aromatic carbocycles. The summed E-state index contributed by atoms with van der Waals surface area (Å²) in [6.07, 6.45) is 0. The molecule has 2 heterocycles. The number of nitrogens with zero attached hydrogens (tertiary/aromatic N) is 3. The van der Waals surface area contributed by atoms with E-state index in [1.165, 1.54) is 21.8 Å². The van der Waals surface area contributed by atoms with Crippen LogP contribution < -0.4 is 4.90 Å². The normalized spacial score (nSPS) is 11.5. The van der Waals surface area contributed by atoms with Crippen LogP contribution in [0.1, 0.15) is 0 Å². The van der Waals surface area contributed by atoms with Crippen LogP contribution in [0.25, 0.3) is 71.9 Å². The average molecular weight is 654 g/mol. The minimum atomic E-state index is 0.635. The first-order chi connectivity index (χ1) is 25.3. The Morgan fingerprint density at radius 3 is 1.92 bits per heavy atom. The highest BCUT2D eigenvalue weighted by Crippen LogP contribution is 2.44. The largest absolute Gasteiger partial charge is 0.436 e. The standard InChI is InChI=1S/C47H31N3O/c1-4-13-34(14-5-1)47-48-46-40-31-35(24-23-33(40)27-30-44(46)51-47)32-25-28-38(29-26-32)49(36-15-6-2-7-16-36)42-21-12-22-43-45(42)39-19-10-11-20-41(39)50(43)37-17-8-3-9-18-37/h1-31H. The van der Waals surface area contributed by atoms with Crippen LogP contribution in [0.4, 0.5) is 17.1 Å². The molecule has 0 unspecified atom stereocenters. The van der Waals surface area contributed by atoms with Gasteiger partial charge in [0.1, 0.15) is 5.52 Å². The van der Waals surface area contributed by atoms with Gasteiger partial charge in [-0.1, -0.05) is 109 Å². The van der Waals surface area contributed by atoms with E-state index in [2.05, 4.69) is 161 Å². The lowest BCUT2D eigenvalue weighted by molar-refractivity contribution is 0.620. The van der Waals surface area contributed by atoms with Gasteiger partial charge in [0.2, 0.25) is 5.89 Å². The lowest BCUT2D eigenvalue weighted by Crippen LogP contribution is -2.10. The zero-order chi connectivity index (χ0) is 33.7. The van der Waals surface area contributed by atoms with E-state index in [4.69, 9.17) is 9.40 Å². The third kappa shape index (κ3) is 4.88. The summed E-state index contributed by atoms with van der Waals surface area (Å²) in [4.78, 5) is 7.32. The summed E-state index contributed by atoms with van der Waals surface area (Å²) < 4.78 is 8.57. The number of para-hydroxylation sites is 3. The molecule has 10 rings (SSSR count). The predicted molar refractivity (Wildman–Crippen MR) is 211 cm³/mol. The van der Waals surface area contributed by atoms with Crippen molar-refractivity contribution in [3.05, 3.63) is 188 Å². The zero-order valence-corrected chi connectivity index (χ0v) is 27.6. The van der Waals surface area contributed by atoms with Crippen molar-refractivity contribution in [1.82, 2.24) is 9.55 Å². The van der Waals surface area contributed by atoms with Gasteiger partial charge in [-0.15, -0.1) is 0 Å². The Morgan fingerprint density at radius 1 is 0.471 bits per heavy atom. The molecular formula is C47H31N3O. The molecule has 2 aromatic heterocycles. The molecule has 4 nitrogen and oxygen atoms in total. The fraction of sp³-hybridized carbons (Fsp3) is 0. The molecule has 51 heavy (non-hydrogen) atoms. The van der Waals surface area contributed by atoms with Gasteiger partial charge in [0.05, 0.1) is 16.7 Å². The van der Waals surface area contributed by atoms with Gasteiger partial charge in [-0.2, -0.15) is 0 Å². The van der Waals surface area contributed by atoms with E-state index in [0.717, 1.165) is 61.3 Å². The molecule has 4 heteroatoms. The highest BCUT2D eigenvalue weighted by molar-refractivity contribution is 6.16. The maximum atomic E-state index is 6.20. The lowest BCUT2D eigenvalue weighted by Gasteiger charge is -2.26. The lowest BCUT2D eigenvalue weighted by atomic mass is 10.00. The van der Waals surface area contributed by atoms with Crippen LogP contribution in [-0.2, 0) is 0 Å². The average Bonchev–Trinajstić information content (AvgIpc) is 3.80. The maximum absolute atomic E-state index is 6.20. The van der Waals surface area contributed by atoms with E-state index >= 15 is 0 Å². The molecule has 0 saturated carbocycles. The fourth-order valence-electron chi connectivity index (χ4n) is 7.44. The first-order valence-corrected chi connectivity index (χ1v) is 17.2. The summed E-state index contributed by atoms with van der Waals surface area (Å²) in [7, 11) is 0. The third-order valence-electron chi connectivity index (χ3n) is 9.80. The smallest absolute Gasteiger partial charge is 0.227 e. The van der Waals surface area contributed by atoms with Crippen molar-refractivity contribution < 1.29 is 4.42 Å². The number of rotatable bonds is 6. The Kier molecular flexibility index (Phi) is 6.78. The van der Waals surface area contributed by atoms with Crippen LogP contribution in [0.2, 0.25) is 0 Å². The van der Waals surface area contributed by atoms with Crippen molar-refractivity contribution in [2.75, 3.05) is 4.90 Å². The molecule has 0 amide bonds. The Morgan fingerprint density at radius 2 is 1.12 bits per heavy atom. The van der Waals surface area contributed by atoms with Crippen molar-refractivity contribution in [3.63, 3.8) is 0 Å². The monoisotopic (exact) mass is 653 g/mol. The summed E-state index contributed by atoms with van der Waals surface area (Å²) in [5, 5.41) is 4.64. The number of oxazole rings is 1. The molecule has 0 N–H and O–H groups in total. The van der Waals surface area contributed by atoms with Crippen molar-refractivity contribution in [2.45, 2.75) is 0 Å². The van der Waals surface area contributed by atoms with Crippen LogP contribution in [-0.4, -0.2) is 9.55 Å². The quantitative estimate of drug-likeness (QED) is 0.179. The van der Waals surface area contributed by atoms with Gasteiger partial charge in [0.15, 0.2) is 5.58 Å². The fourth-order valence-corrected chi connectivity index (χ4v) is 7.44. The zero-order valence-electron chi connectivity index (χ0n) is 27.6. The number of hydrogen-bond donors (Lipinski definition) is 0. The number of anilines is 3. The minimum Gasteiger partial charge on any atom is -0.436 e. The van der Waals surface area contributed by atoms with E-state index in [0.29, 0.717) is 5.89 Å². The SMILES string of the molecule is c1ccc(-c2nc3c(ccc4ccc(-c5ccc(N(c6ccccc6)c6cccc7c6c6ccccc6n7-c6ccccc6)cc5)cc43)o2)cc1. The molecule has 0 spiro atoms. The molecule has 0 fully saturated rings. The van der Waals surface area contributed by atoms with Crippen LogP contribution in [0, 0.1) is 0 Å². The maximum Gasteiger partial charge on any atom is 0.227 e. The number of hydrogen-bond acceptors (Lipinski definition) is 3. The molecule has 0 saturated heterocycles. The van der Waals surface area contributed by atoms with Crippen molar-refractivity contribution in [3.8, 4) is 28.3 Å². The molecule has 0 atom stereocenters. The van der Waals surface area contributed by atoms with Gasteiger partial charge >= 0.3 is 0 Å². The highest BCUT2D eigenvalue weighted by Gasteiger charge is 2.21. The third-order valence-corrected chi connectivity index (χ3v) is 9.80. The number of fused-ring (bicyclic) bond motifs is 6. The highest BCUT2D eigenvalue weighted by atomic mass is 16.3. The van der Waals surface area contributed by atoms with Crippen molar-refractivity contribution >= 4 is 60.7 Å². The molecular weight excluding hydrogens is 623 g/mol. The van der Waals surface area contributed by atoms with E-state index in [-0.39, 0.29) is 0 Å². The molecule has 0 radical (unpaired) electrons. The van der Waals surface area contributed by atoms with Crippen LogP contribution in [0.3, 0.4) is 0 Å². The van der Waals surface area contributed by atoms with Crippen molar-refractivity contribution in [2.24, 2.45) is 0 Å². The Bertz CT molecular complexity index is 2840.